The molecule has 1 N–H and O–H groups in total. The summed E-state index contributed by atoms with van der Waals surface area (Å²) < 4.78 is 5.67. The minimum absolute atomic E-state index is 0.101. The lowest BCUT2D eigenvalue weighted by molar-refractivity contribution is -0.384. The van der Waals surface area contributed by atoms with Gasteiger partial charge in [-0.1, -0.05) is 18.9 Å². The van der Waals surface area contributed by atoms with Crippen LogP contribution in [0.4, 0.5) is 11.4 Å². The molecule has 0 aromatic heterocycles. The second kappa shape index (κ2) is 6.52. The smallest absolute Gasteiger partial charge is 0.292 e. The Morgan fingerprint density at radius 1 is 1.42 bits per heavy atom. The topological polar surface area (TPSA) is 64.4 Å². The predicted molar refractivity (Wildman–Crippen MR) is 74.3 cm³/mol. The fourth-order valence-electron chi connectivity index (χ4n) is 2.55. The summed E-state index contributed by atoms with van der Waals surface area (Å²) in [5, 5.41) is 13.8. The molecule has 1 aliphatic carbocycles. The first kappa shape index (κ1) is 13.8. The number of benzene rings is 1. The maximum Gasteiger partial charge on any atom is 0.292 e. The van der Waals surface area contributed by atoms with E-state index in [1.165, 1.54) is 25.7 Å². The van der Waals surface area contributed by atoms with Crippen LogP contribution in [-0.2, 0) is 11.3 Å². The Hall–Kier alpha value is -1.62. The second-order valence-electron chi connectivity index (χ2n) is 5.02. The van der Waals surface area contributed by atoms with Crippen LogP contribution >= 0.6 is 0 Å². The predicted octanol–water partition coefficient (Wildman–Crippen LogP) is 3.34. The third-order valence-corrected chi connectivity index (χ3v) is 3.63. The van der Waals surface area contributed by atoms with Gasteiger partial charge in [0.15, 0.2) is 0 Å². The SMILES string of the molecule is CNc1ccc(COCC2CCCC2)cc1[N+](=O)[O-]. The Morgan fingerprint density at radius 2 is 2.16 bits per heavy atom. The van der Waals surface area contributed by atoms with Crippen LogP contribution in [0.15, 0.2) is 18.2 Å². The van der Waals surface area contributed by atoms with Crippen LogP contribution in [0.2, 0.25) is 0 Å². The summed E-state index contributed by atoms with van der Waals surface area (Å²) in [6.07, 6.45) is 5.10. The summed E-state index contributed by atoms with van der Waals surface area (Å²) in [6, 6.07) is 5.18. The molecule has 19 heavy (non-hydrogen) atoms. The summed E-state index contributed by atoms with van der Waals surface area (Å²) in [6.45, 7) is 1.21. The molecule has 5 heteroatoms. The van der Waals surface area contributed by atoms with Crippen LogP contribution in [0.1, 0.15) is 31.2 Å². The van der Waals surface area contributed by atoms with E-state index in [-0.39, 0.29) is 10.6 Å². The molecule has 0 bridgehead atoms. The second-order valence-corrected chi connectivity index (χ2v) is 5.02. The Balaban J connectivity index is 1.92. The van der Waals surface area contributed by atoms with E-state index in [9.17, 15) is 10.1 Å². The van der Waals surface area contributed by atoms with Gasteiger partial charge in [0, 0.05) is 19.7 Å². The van der Waals surface area contributed by atoms with Gasteiger partial charge in [0.2, 0.25) is 0 Å². The summed E-state index contributed by atoms with van der Waals surface area (Å²) >= 11 is 0. The van der Waals surface area contributed by atoms with E-state index in [4.69, 9.17) is 4.74 Å². The Bertz CT molecular complexity index is 442. The van der Waals surface area contributed by atoms with Gasteiger partial charge in [-0.3, -0.25) is 10.1 Å². The van der Waals surface area contributed by atoms with E-state index in [1.807, 2.05) is 6.07 Å². The van der Waals surface area contributed by atoms with Gasteiger partial charge in [0.1, 0.15) is 5.69 Å². The monoisotopic (exact) mass is 264 g/mol. The van der Waals surface area contributed by atoms with E-state index in [0.717, 1.165) is 12.2 Å². The van der Waals surface area contributed by atoms with Crippen LogP contribution in [0, 0.1) is 16.0 Å². The number of nitrogens with one attached hydrogen (secondary N) is 1. The van der Waals surface area contributed by atoms with Crippen molar-refractivity contribution in [2.24, 2.45) is 5.92 Å². The fourth-order valence-corrected chi connectivity index (χ4v) is 2.55. The first-order chi connectivity index (χ1) is 9.20. The van der Waals surface area contributed by atoms with Gasteiger partial charge >= 0.3 is 0 Å². The van der Waals surface area contributed by atoms with Gasteiger partial charge in [-0.25, -0.2) is 0 Å². The van der Waals surface area contributed by atoms with Gasteiger partial charge in [-0.15, -0.1) is 0 Å². The lowest BCUT2D eigenvalue weighted by atomic mass is 10.1. The van der Waals surface area contributed by atoms with Crippen molar-refractivity contribution in [2.75, 3.05) is 19.0 Å². The lowest BCUT2D eigenvalue weighted by Gasteiger charge is -2.10. The van der Waals surface area contributed by atoms with Crippen molar-refractivity contribution >= 4 is 11.4 Å². The highest BCUT2D eigenvalue weighted by molar-refractivity contribution is 5.62. The number of rotatable bonds is 6. The minimum atomic E-state index is -0.369. The molecule has 0 aliphatic heterocycles. The van der Waals surface area contributed by atoms with Gasteiger partial charge in [0.25, 0.3) is 5.69 Å². The van der Waals surface area contributed by atoms with Crippen LogP contribution < -0.4 is 5.32 Å². The number of hydrogen-bond acceptors (Lipinski definition) is 4. The molecule has 0 heterocycles. The lowest BCUT2D eigenvalue weighted by Crippen LogP contribution is -2.06. The Labute approximate surface area is 113 Å². The molecule has 1 aliphatic rings. The first-order valence-electron chi connectivity index (χ1n) is 6.73. The zero-order chi connectivity index (χ0) is 13.7. The molecular weight excluding hydrogens is 244 g/mol. The van der Waals surface area contributed by atoms with Crippen LogP contribution in [0.5, 0.6) is 0 Å². The Morgan fingerprint density at radius 3 is 2.79 bits per heavy atom. The van der Waals surface area contributed by atoms with E-state index >= 15 is 0 Å². The molecule has 0 radical (unpaired) electrons. The van der Waals surface area contributed by atoms with E-state index < -0.39 is 0 Å². The van der Waals surface area contributed by atoms with E-state index in [1.54, 1.807) is 19.2 Å². The quantitative estimate of drug-likeness (QED) is 0.632. The molecule has 1 fully saturated rings. The maximum absolute atomic E-state index is 10.9. The maximum atomic E-state index is 10.9. The molecule has 1 aromatic rings. The fraction of sp³-hybridized carbons (Fsp3) is 0.571. The number of nitro benzene ring substituents is 1. The molecule has 0 spiro atoms. The van der Waals surface area contributed by atoms with Crippen molar-refractivity contribution in [2.45, 2.75) is 32.3 Å². The van der Waals surface area contributed by atoms with Crippen molar-refractivity contribution in [1.82, 2.24) is 0 Å². The highest BCUT2D eigenvalue weighted by atomic mass is 16.6. The summed E-state index contributed by atoms with van der Waals surface area (Å²) in [5.74, 6) is 0.673. The molecule has 104 valence electrons. The first-order valence-corrected chi connectivity index (χ1v) is 6.73. The molecule has 0 atom stereocenters. The van der Waals surface area contributed by atoms with Crippen molar-refractivity contribution in [3.05, 3.63) is 33.9 Å². The van der Waals surface area contributed by atoms with Crippen molar-refractivity contribution in [1.29, 1.82) is 0 Å². The average Bonchev–Trinajstić information content (AvgIpc) is 2.91. The Kier molecular flexibility index (Phi) is 4.74. The highest BCUT2D eigenvalue weighted by Crippen LogP contribution is 2.27. The largest absolute Gasteiger partial charge is 0.383 e. The van der Waals surface area contributed by atoms with Crippen molar-refractivity contribution in [3.8, 4) is 0 Å². The van der Waals surface area contributed by atoms with Crippen molar-refractivity contribution < 1.29 is 9.66 Å². The molecule has 5 nitrogen and oxygen atoms in total. The molecule has 0 amide bonds. The standard InChI is InChI=1S/C14H20N2O3/c1-15-13-7-6-12(8-14(13)16(17)18)10-19-9-11-4-2-3-5-11/h6-8,11,15H,2-5,9-10H2,1H3. The van der Waals surface area contributed by atoms with Gasteiger partial charge in [0.05, 0.1) is 11.5 Å². The third kappa shape index (κ3) is 3.67. The van der Waals surface area contributed by atoms with E-state index in [2.05, 4.69) is 5.32 Å². The van der Waals surface area contributed by atoms with Crippen LogP contribution in [0.3, 0.4) is 0 Å². The van der Waals surface area contributed by atoms with Crippen LogP contribution in [0.25, 0.3) is 0 Å². The van der Waals surface area contributed by atoms with Gasteiger partial charge < -0.3 is 10.1 Å². The van der Waals surface area contributed by atoms with E-state index in [0.29, 0.717) is 18.2 Å². The number of ether oxygens (including phenoxy) is 1. The van der Waals surface area contributed by atoms with Crippen LogP contribution in [-0.4, -0.2) is 18.6 Å². The molecule has 1 saturated carbocycles. The number of nitrogens with zero attached hydrogens (tertiary/aromatic N) is 1. The molecule has 0 unspecified atom stereocenters. The number of nitro groups is 1. The third-order valence-electron chi connectivity index (χ3n) is 3.63. The highest BCUT2D eigenvalue weighted by Gasteiger charge is 2.16. The molecule has 2 rings (SSSR count). The number of anilines is 1. The number of hydrogen-bond donors (Lipinski definition) is 1. The normalized spacial score (nSPS) is 15.6. The molecule has 1 aromatic carbocycles. The molecule has 0 saturated heterocycles. The van der Waals surface area contributed by atoms with Gasteiger partial charge in [-0.2, -0.15) is 0 Å². The van der Waals surface area contributed by atoms with Crippen molar-refractivity contribution in [3.63, 3.8) is 0 Å². The average molecular weight is 264 g/mol. The summed E-state index contributed by atoms with van der Waals surface area (Å²) in [4.78, 5) is 10.6. The van der Waals surface area contributed by atoms with Gasteiger partial charge in [-0.05, 0) is 30.4 Å². The minimum Gasteiger partial charge on any atom is -0.383 e. The summed E-state index contributed by atoms with van der Waals surface area (Å²) in [5.41, 5.74) is 1.48. The summed E-state index contributed by atoms with van der Waals surface area (Å²) in [7, 11) is 1.68. The zero-order valence-electron chi connectivity index (χ0n) is 11.2. The zero-order valence-corrected chi connectivity index (χ0v) is 11.2. The molecular formula is C14H20N2O3.